The Kier molecular flexibility index (Phi) is 3.63. The minimum Gasteiger partial charge on any atom is -0.489 e. The molecular weight excluding hydrogens is 288 g/mol. The highest BCUT2D eigenvalue weighted by atomic mass is 79.9. The van der Waals surface area contributed by atoms with Crippen molar-refractivity contribution in [1.29, 1.82) is 0 Å². The number of non-ortho nitro benzene ring substituents is 1. The molecule has 0 bridgehead atoms. The number of benzene rings is 1. The summed E-state index contributed by atoms with van der Waals surface area (Å²) in [7, 11) is 1.92. The van der Waals surface area contributed by atoms with Gasteiger partial charge in [0.15, 0.2) is 0 Å². The highest BCUT2D eigenvalue weighted by molar-refractivity contribution is 9.10. The van der Waals surface area contributed by atoms with E-state index < -0.39 is 4.92 Å². The van der Waals surface area contributed by atoms with Gasteiger partial charge in [-0.1, -0.05) is 0 Å². The molecule has 0 spiro atoms. The first-order valence-electron chi connectivity index (χ1n) is 5.38. The lowest BCUT2D eigenvalue weighted by Crippen LogP contribution is -2.45. The maximum atomic E-state index is 10.7. The van der Waals surface area contributed by atoms with Gasteiger partial charge < -0.3 is 10.1 Å². The number of nitro groups is 1. The zero-order valence-electron chi connectivity index (χ0n) is 9.35. The molecule has 1 aliphatic rings. The molecule has 1 fully saturated rings. The Hall–Kier alpha value is -1.14. The van der Waals surface area contributed by atoms with Crippen molar-refractivity contribution < 1.29 is 9.66 Å². The lowest BCUT2D eigenvalue weighted by atomic mass is 9.89. The zero-order chi connectivity index (χ0) is 12.4. The van der Waals surface area contributed by atoms with Gasteiger partial charge in [0.2, 0.25) is 0 Å². The second-order valence-electron chi connectivity index (χ2n) is 4.07. The number of nitro benzene ring substituents is 1. The normalized spacial score (nSPS) is 22.9. The fourth-order valence-electron chi connectivity index (χ4n) is 1.77. The van der Waals surface area contributed by atoms with Crippen LogP contribution < -0.4 is 10.1 Å². The van der Waals surface area contributed by atoms with Crippen LogP contribution in [0.15, 0.2) is 22.7 Å². The quantitative estimate of drug-likeness (QED) is 0.685. The Bertz CT molecular complexity index is 433. The van der Waals surface area contributed by atoms with Crippen LogP contribution in [0.2, 0.25) is 0 Å². The van der Waals surface area contributed by atoms with Crippen LogP contribution in [0.25, 0.3) is 0 Å². The molecule has 1 aliphatic carbocycles. The number of nitrogens with one attached hydrogen (secondary N) is 1. The van der Waals surface area contributed by atoms with Gasteiger partial charge in [-0.15, -0.1) is 0 Å². The maximum absolute atomic E-state index is 10.7. The van der Waals surface area contributed by atoms with E-state index in [2.05, 4.69) is 21.2 Å². The lowest BCUT2D eigenvalue weighted by molar-refractivity contribution is -0.385. The molecule has 0 unspecified atom stereocenters. The van der Waals surface area contributed by atoms with Gasteiger partial charge in [0, 0.05) is 12.1 Å². The summed E-state index contributed by atoms with van der Waals surface area (Å²) in [6.07, 6.45) is 2.02. The predicted molar refractivity (Wildman–Crippen MR) is 67.3 cm³/mol. The first-order valence-corrected chi connectivity index (χ1v) is 6.17. The van der Waals surface area contributed by atoms with Crippen molar-refractivity contribution in [3.8, 4) is 5.75 Å². The third-order valence-electron chi connectivity index (χ3n) is 2.92. The van der Waals surface area contributed by atoms with E-state index in [0.29, 0.717) is 11.8 Å². The smallest absolute Gasteiger partial charge is 0.273 e. The molecule has 92 valence electrons. The highest BCUT2D eigenvalue weighted by Crippen LogP contribution is 2.33. The van der Waals surface area contributed by atoms with Gasteiger partial charge in [-0.25, -0.2) is 0 Å². The third kappa shape index (κ3) is 2.76. The molecule has 0 heterocycles. The molecule has 0 saturated heterocycles. The fraction of sp³-hybridized carbons (Fsp3) is 0.455. The van der Waals surface area contributed by atoms with Gasteiger partial charge in [-0.05, 0) is 41.9 Å². The van der Waals surface area contributed by atoms with Crippen molar-refractivity contribution in [3.05, 3.63) is 32.8 Å². The zero-order valence-corrected chi connectivity index (χ0v) is 10.9. The van der Waals surface area contributed by atoms with E-state index in [-0.39, 0.29) is 11.8 Å². The Morgan fingerprint density at radius 3 is 2.82 bits per heavy atom. The van der Waals surface area contributed by atoms with Gasteiger partial charge in [-0.3, -0.25) is 10.1 Å². The van der Waals surface area contributed by atoms with Gasteiger partial charge in [-0.2, -0.15) is 0 Å². The topological polar surface area (TPSA) is 64.4 Å². The molecule has 2 rings (SSSR count). The van der Waals surface area contributed by atoms with Gasteiger partial charge in [0.1, 0.15) is 11.9 Å². The van der Waals surface area contributed by atoms with Crippen molar-refractivity contribution in [2.75, 3.05) is 7.05 Å². The van der Waals surface area contributed by atoms with Crippen LogP contribution in [0.4, 0.5) is 5.69 Å². The lowest BCUT2D eigenvalue weighted by Gasteiger charge is -2.35. The van der Waals surface area contributed by atoms with Crippen molar-refractivity contribution in [1.82, 2.24) is 5.32 Å². The molecule has 0 atom stereocenters. The summed E-state index contributed by atoms with van der Waals surface area (Å²) in [5.41, 5.74) is 0.0488. The minimum absolute atomic E-state index is 0.0488. The third-order valence-corrected chi connectivity index (χ3v) is 3.58. The van der Waals surface area contributed by atoms with Crippen molar-refractivity contribution in [2.24, 2.45) is 0 Å². The molecule has 17 heavy (non-hydrogen) atoms. The molecule has 0 aliphatic heterocycles. The number of hydrogen-bond donors (Lipinski definition) is 1. The second-order valence-corrected chi connectivity index (χ2v) is 4.92. The van der Waals surface area contributed by atoms with E-state index in [9.17, 15) is 10.1 Å². The number of rotatable bonds is 4. The van der Waals surface area contributed by atoms with E-state index in [1.807, 2.05) is 7.05 Å². The Labute approximate surface area is 107 Å². The van der Waals surface area contributed by atoms with Gasteiger partial charge >= 0.3 is 0 Å². The van der Waals surface area contributed by atoms with E-state index >= 15 is 0 Å². The monoisotopic (exact) mass is 300 g/mol. The van der Waals surface area contributed by atoms with Gasteiger partial charge in [0.25, 0.3) is 5.69 Å². The van der Waals surface area contributed by atoms with E-state index in [4.69, 9.17) is 4.74 Å². The maximum Gasteiger partial charge on any atom is 0.273 e. The summed E-state index contributed by atoms with van der Waals surface area (Å²) in [5, 5.41) is 13.8. The van der Waals surface area contributed by atoms with Crippen molar-refractivity contribution in [3.63, 3.8) is 0 Å². The van der Waals surface area contributed by atoms with E-state index in [0.717, 1.165) is 17.3 Å². The van der Waals surface area contributed by atoms with Crippen LogP contribution in [-0.4, -0.2) is 24.1 Å². The predicted octanol–water partition coefficient (Wildman–Crippen LogP) is 2.49. The molecule has 6 heteroatoms. The molecule has 1 aromatic rings. The molecule has 1 saturated carbocycles. The Morgan fingerprint density at radius 1 is 1.53 bits per heavy atom. The fourth-order valence-corrected chi connectivity index (χ4v) is 2.11. The van der Waals surface area contributed by atoms with E-state index in [1.165, 1.54) is 12.1 Å². The molecule has 1 N–H and O–H groups in total. The molecule has 0 radical (unpaired) electrons. The molecule has 0 aromatic heterocycles. The van der Waals surface area contributed by atoms with Crippen LogP contribution in [0.1, 0.15) is 12.8 Å². The first-order chi connectivity index (χ1) is 8.10. The average molecular weight is 301 g/mol. The summed E-state index contributed by atoms with van der Waals surface area (Å²) in [6.45, 7) is 0. The Balaban J connectivity index is 2.05. The second kappa shape index (κ2) is 5.01. The molecule has 1 aromatic carbocycles. The molecule has 0 amide bonds. The van der Waals surface area contributed by atoms with Gasteiger partial charge in [0.05, 0.1) is 15.5 Å². The summed E-state index contributed by atoms with van der Waals surface area (Å²) >= 11 is 3.33. The number of hydrogen-bond acceptors (Lipinski definition) is 4. The Morgan fingerprint density at radius 2 is 2.24 bits per heavy atom. The summed E-state index contributed by atoms with van der Waals surface area (Å²) in [6, 6.07) is 5.05. The highest BCUT2D eigenvalue weighted by Gasteiger charge is 2.30. The largest absolute Gasteiger partial charge is 0.489 e. The SMILES string of the molecule is CNC1CC(Oc2cc([N+](=O)[O-])ccc2Br)C1. The summed E-state index contributed by atoms with van der Waals surface area (Å²) < 4.78 is 6.46. The number of ether oxygens (including phenoxy) is 1. The van der Waals surface area contributed by atoms with Crippen LogP contribution >= 0.6 is 15.9 Å². The van der Waals surface area contributed by atoms with Crippen molar-refractivity contribution >= 4 is 21.6 Å². The molecule has 5 nitrogen and oxygen atoms in total. The standard InChI is InChI=1S/C11H13BrN2O3/c1-13-7-4-9(5-7)17-11-6-8(14(15)16)2-3-10(11)12/h2-3,6-7,9,13H,4-5H2,1H3. The minimum atomic E-state index is -0.420. The molecular formula is C11H13BrN2O3. The number of nitrogens with zero attached hydrogens (tertiary/aromatic N) is 1. The van der Waals surface area contributed by atoms with Crippen LogP contribution in [0.3, 0.4) is 0 Å². The number of halogens is 1. The average Bonchev–Trinajstić information content (AvgIpc) is 2.24. The first kappa shape index (κ1) is 12.3. The summed E-state index contributed by atoms with van der Waals surface area (Å²) in [5.74, 6) is 0.541. The van der Waals surface area contributed by atoms with Crippen molar-refractivity contribution in [2.45, 2.75) is 25.0 Å². The van der Waals surface area contributed by atoms with Crippen LogP contribution in [0.5, 0.6) is 5.75 Å². The summed E-state index contributed by atoms with van der Waals surface area (Å²) in [4.78, 5) is 10.2. The van der Waals surface area contributed by atoms with Crippen LogP contribution in [-0.2, 0) is 0 Å². The van der Waals surface area contributed by atoms with E-state index in [1.54, 1.807) is 6.07 Å². The van der Waals surface area contributed by atoms with Crippen LogP contribution in [0, 0.1) is 10.1 Å².